The van der Waals surface area contributed by atoms with Gasteiger partial charge in [-0.15, -0.1) is 42.0 Å². The Labute approximate surface area is 375 Å². The number of imidazole rings is 1. The van der Waals surface area contributed by atoms with Crippen LogP contribution in [0.15, 0.2) is 138 Å². The average Bonchev–Trinajstić information content (AvgIpc) is 3.81. The number of fused-ring (bicyclic) bond motifs is 4. The van der Waals surface area contributed by atoms with E-state index in [2.05, 4.69) is 185 Å². The Morgan fingerprint density at radius 2 is 1.39 bits per heavy atom. The van der Waals surface area contributed by atoms with E-state index < -0.39 is 8.07 Å². The Hall–Kier alpha value is -5.46. The number of rotatable bonds is 9. The zero-order valence-corrected chi connectivity index (χ0v) is 40.1. The van der Waals surface area contributed by atoms with Crippen LogP contribution in [0.3, 0.4) is 0 Å². The summed E-state index contributed by atoms with van der Waals surface area (Å²) in [5, 5.41) is 3.49. The first-order chi connectivity index (χ1) is 28.9. The fraction of sp³-hybridized carbons (Fsp3) is 0.241. The predicted octanol–water partition coefficient (Wildman–Crippen LogP) is 14.0. The van der Waals surface area contributed by atoms with E-state index in [1.165, 1.54) is 33.1 Å². The monoisotopic (exact) mass is 995 g/mol. The molecule has 0 spiro atoms. The molecule has 0 aliphatic rings. The molecule has 1 radical (unpaired) electrons. The van der Waals surface area contributed by atoms with Crippen LogP contribution in [0.25, 0.3) is 72.6 Å². The third-order valence-electron chi connectivity index (χ3n) is 11.2. The van der Waals surface area contributed by atoms with E-state index in [0.29, 0.717) is 23.5 Å². The van der Waals surface area contributed by atoms with Gasteiger partial charge in [0.15, 0.2) is 0 Å². The first kappa shape index (κ1) is 43.6. The van der Waals surface area contributed by atoms with E-state index in [-0.39, 0.29) is 20.1 Å². The van der Waals surface area contributed by atoms with E-state index in [1.54, 1.807) is 0 Å². The summed E-state index contributed by atoms with van der Waals surface area (Å²) in [5.74, 6) is 2.20. The first-order valence-electron chi connectivity index (χ1n) is 21.2. The van der Waals surface area contributed by atoms with Crippen LogP contribution in [-0.2, 0) is 26.5 Å². The normalized spacial score (nSPS) is 11.7. The van der Waals surface area contributed by atoms with Gasteiger partial charge in [0.25, 0.3) is 0 Å². The number of nitrogens with zero attached hydrogens (tertiary/aromatic N) is 4. The van der Waals surface area contributed by atoms with Gasteiger partial charge in [-0.05, 0) is 93.2 Å². The van der Waals surface area contributed by atoms with Gasteiger partial charge in [-0.1, -0.05) is 145 Å². The van der Waals surface area contributed by atoms with Crippen LogP contribution >= 0.6 is 0 Å². The van der Waals surface area contributed by atoms with Crippen molar-refractivity contribution >= 4 is 46.4 Å². The number of hydrogen-bond donors (Lipinski definition) is 0. The zero-order chi connectivity index (χ0) is 42.1. The van der Waals surface area contributed by atoms with Gasteiger partial charge in [0, 0.05) is 37.4 Å². The smallest absolute Gasteiger partial charge is 0.141 e. The fourth-order valence-corrected chi connectivity index (χ4v) is 9.81. The molecule has 9 rings (SSSR count). The molecular formula is C54H54IrN4OSi-2. The molecule has 7 heteroatoms. The van der Waals surface area contributed by atoms with Crippen molar-refractivity contribution in [1.82, 2.24) is 19.5 Å². The van der Waals surface area contributed by atoms with E-state index >= 15 is 0 Å². The summed E-state index contributed by atoms with van der Waals surface area (Å²) < 4.78 is 8.46. The summed E-state index contributed by atoms with van der Waals surface area (Å²) in [6.45, 7) is 20.7. The van der Waals surface area contributed by atoms with Crippen molar-refractivity contribution in [2.45, 2.75) is 79.4 Å². The topological polar surface area (TPSA) is 56.7 Å². The molecule has 61 heavy (non-hydrogen) atoms. The molecule has 0 amide bonds. The first-order valence-corrected chi connectivity index (χ1v) is 24.7. The number of hydrogen-bond acceptors (Lipinski definition) is 4. The van der Waals surface area contributed by atoms with E-state index in [1.807, 2.05) is 36.4 Å². The molecule has 4 aromatic heterocycles. The minimum atomic E-state index is -1.34. The van der Waals surface area contributed by atoms with Crippen molar-refractivity contribution < 1.29 is 24.5 Å². The molecule has 0 saturated heterocycles. The van der Waals surface area contributed by atoms with Crippen LogP contribution in [0.4, 0.5) is 0 Å². The number of benzene rings is 5. The molecule has 0 bridgehead atoms. The molecule has 0 fully saturated rings. The molecule has 0 atom stereocenters. The second-order valence-electron chi connectivity index (χ2n) is 17.9. The van der Waals surface area contributed by atoms with Crippen molar-refractivity contribution in [3.8, 4) is 39.5 Å². The van der Waals surface area contributed by atoms with Crippen LogP contribution in [0.1, 0.15) is 70.1 Å². The zero-order valence-electron chi connectivity index (χ0n) is 36.7. The van der Waals surface area contributed by atoms with Gasteiger partial charge in [-0.25, -0.2) is 0 Å². The maximum absolute atomic E-state index is 6.14. The molecular weight excluding hydrogens is 941 g/mol. The van der Waals surface area contributed by atoms with Gasteiger partial charge in [0.2, 0.25) is 0 Å². The van der Waals surface area contributed by atoms with E-state index in [0.717, 1.165) is 62.0 Å². The third-order valence-corrected chi connectivity index (χ3v) is 13.2. The molecule has 9 aromatic rings. The Kier molecular flexibility index (Phi) is 13.1. The van der Waals surface area contributed by atoms with Gasteiger partial charge in [-0.3, -0.25) is 4.98 Å². The SMILES string of the molecule is CC(C)Cc1cc(-c2[c-]cccc2)ncc1[Si](C)(C)C.CC(C)c1cccc(C(C)C)c1-n1c(-c2[c-]nc3oc4ccc(-c5ccccc5)cc4c3c2)nc2ccccc21.[Ir]. The number of aromatic nitrogens is 4. The summed E-state index contributed by atoms with van der Waals surface area (Å²) >= 11 is 0. The van der Waals surface area contributed by atoms with Crippen LogP contribution in [0.2, 0.25) is 19.6 Å². The Bertz CT molecular complexity index is 2900. The van der Waals surface area contributed by atoms with Crippen molar-refractivity contribution in [3.63, 3.8) is 0 Å². The summed E-state index contributed by atoms with van der Waals surface area (Å²) in [7, 11) is -1.34. The van der Waals surface area contributed by atoms with Gasteiger partial charge in [0.05, 0.1) is 24.9 Å². The quantitative estimate of drug-likeness (QED) is 0.107. The molecule has 0 unspecified atom stereocenters. The Balaban J connectivity index is 0.000000226. The van der Waals surface area contributed by atoms with Crippen molar-refractivity contribution in [1.29, 1.82) is 0 Å². The average molecular weight is 995 g/mol. The predicted molar refractivity (Wildman–Crippen MR) is 254 cm³/mol. The van der Waals surface area contributed by atoms with Gasteiger partial charge >= 0.3 is 0 Å². The summed E-state index contributed by atoms with van der Waals surface area (Å²) in [4.78, 5) is 14.5. The molecule has 0 aliphatic carbocycles. The minimum absolute atomic E-state index is 0. The summed E-state index contributed by atoms with van der Waals surface area (Å²) in [6.07, 6.45) is 6.51. The Morgan fingerprint density at radius 3 is 2.07 bits per heavy atom. The molecule has 4 heterocycles. The van der Waals surface area contributed by atoms with Gasteiger partial charge < -0.3 is 19.0 Å². The number of pyridine rings is 2. The molecule has 0 aliphatic heterocycles. The van der Waals surface area contributed by atoms with Crippen LogP contribution in [0.5, 0.6) is 0 Å². The van der Waals surface area contributed by atoms with Crippen LogP contribution in [0, 0.1) is 18.2 Å². The molecule has 311 valence electrons. The molecule has 5 nitrogen and oxygen atoms in total. The molecule has 5 aromatic carbocycles. The van der Waals surface area contributed by atoms with E-state index in [9.17, 15) is 0 Å². The van der Waals surface area contributed by atoms with E-state index in [4.69, 9.17) is 9.40 Å². The standard InChI is InChI=1S/C36H30N3O.C18H24NSi.Ir/c1-22(2)27-13-10-14-28(23(3)4)34(27)39-32-16-9-8-15-31(32)38-35(39)26-20-30-29-19-25(24-11-6-5-7-12-24)17-18-33(29)40-36(30)37-21-26;1-14(2)11-16-12-17(15-9-7-6-8-10-15)19-13-18(16)20(3,4)5;/h5-20,22-23H,1-4H3;6-9,12-14H,11H2,1-5H3;/q2*-1;. The third kappa shape index (κ3) is 9.11. The maximum atomic E-state index is 6.14. The fourth-order valence-electron chi connectivity index (χ4n) is 8.22. The number of para-hydroxylation sites is 3. The maximum Gasteiger partial charge on any atom is 0.141 e. The Morgan fingerprint density at radius 1 is 0.689 bits per heavy atom. The van der Waals surface area contributed by atoms with Gasteiger partial charge in [0.1, 0.15) is 11.3 Å². The van der Waals surface area contributed by atoms with Gasteiger partial charge in [-0.2, -0.15) is 0 Å². The largest absolute Gasteiger partial charge is 0.483 e. The summed E-state index contributed by atoms with van der Waals surface area (Å²) in [6, 6.07) is 47.5. The molecule has 0 N–H and O–H groups in total. The van der Waals surface area contributed by atoms with Crippen molar-refractivity contribution in [2.24, 2.45) is 5.92 Å². The van der Waals surface area contributed by atoms with Crippen LogP contribution < -0.4 is 5.19 Å². The van der Waals surface area contributed by atoms with Crippen molar-refractivity contribution in [2.75, 3.05) is 0 Å². The van der Waals surface area contributed by atoms with Crippen LogP contribution in [-0.4, -0.2) is 27.6 Å². The van der Waals surface area contributed by atoms with Crippen molar-refractivity contribution in [3.05, 3.63) is 163 Å². The summed E-state index contributed by atoms with van der Waals surface area (Å²) in [5.41, 5.74) is 14.0. The second kappa shape index (κ2) is 18.3. The number of furan rings is 1. The second-order valence-corrected chi connectivity index (χ2v) is 22.9. The minimum Gasteiger partial charge on any atom is -0.483 e. The molecule has 0 saturated carbocycles.